The molecule has 0 aromatic heterocycles. The van der Waals surface area contributed by atoms with Crippen LogP contribution in [0.3, 0.4) is 0 Å². The molecular weight excluding hydrogens is 304 g/mol. The van der Waals surface area contributed by atoms with E-state index in [0.717, 1.165) is 51.4 Å². The maximum Gasteiger partial charge on any atom is 0.233 e. The first-order valence-electron chi connectivity index (χ1n) is 9.72. The molecule has 2 rings (SSSR count). The van der Waals surface area contributed by atoms with Gasteiger partial charge in [0.1, 0.15) is 11.7 Å². The number of amides is 2. The molecule has 5 nitrogen and oxygen atoms in total. The van der Waals surface area contributed by atoms with Gasteiger partial charge in [0.2, 0.25) is 11.8 Å². The van der Waals surface area contributed by atoms with E-state index >= 15 is 0 Å². The van der Waals surface area contributed by atoms with E-state index in [1.165, 1.54) is 12.8 Å². The van der Waals surface area contributed by atoms with Crippen molar-refractivity contribution in [2.75, 3.05) is 0 Å². The van der Waals surface area contributed by atoms with Crippen LogP contribution in [-0.4, -0.2) is 29.7 Å². The molecule has 0 heterocycles. The Bertz CT molecular complexity index is 406. The minimum atomic E-state index is -0.874. The molecule has 2 aliphatic rings. The standard InChI is InChI=1S/C19H32N2O3/c1-2-16(22)13-17(18(23)20-14-9-5-3-6-10-14)19(24)21-15-11-7-4-8-12-15/h14-15,17H,2-13H2,1H3,(H,20,23)(H,21,24). The Balaban J connectivity index is 1.94. The Morgan fingerprint density at radius 2 is 1.21 bits per heavy atom. The van der Waals surface area contributed by atoms with Crippen LogP contribution in [0.15, 0.2) is 0 Å². The summed E-state index contributed by atoms with van der Waals surface area (Å²) in [5.74, 6) is -1.44. The predicted octanol–water partition coefficient (Wildman–Crippen LogP) is 2.87. The monoisotopic (exact) mass is 336 g/mol. The third kappa shape index (κ3) is 5.91. The van der Waals surface area contributed by atoms with Crippen molar-refractivity contribution < 1.29 is 14.4 Å². The summed E-state index contributed by atoms with van der Waals surface area (Å²) in [5, 5.41) is 6.03. The highest BCUT2D eigenvalue weighted by Crippen LogP contribution is 2.20. The van der Waals surface area contributed by atoms with Crippen molar-refractivity contribution >= 4 is 17.6 Å². The molecule has 0 radical (unpaired) electrons. The lowest BCUT2D eigenvalue weighted by molar-refractivity contribution is -0.139. The number of ketones is 1. The molecule has 0 bridgehead atoms. The zero-order valence-corrected chi connectivity index (χ0v) is 14.9. The van der Waals surface area contributed by atoms with Crippen LogP contribution in [0.5, 0.6) is 0 Å². The van der Waals surface area contributed by atoms with Gasteiger partial charge in [-0.2, -0.15) is 0 Å². The first-order chi connectivity index (χ1) is 11.6. The lowest BCUT2D eigenvalue weighted by Crippen LogP contribution is -2.48. The average molecular weight is 336 g/mol. The normalized spacial score (nSPS) is 19.9. The number of carbonyl (C=O) groups excluding carboxylic acids is 3. The zero-order valence-electron chi connectivity index (χ0n) is 14.9. The van der Waals surface area contributed by atoms with Crippen LogP contribution < -0.4 is 10.6 Å². The Labute approximate surface area is 145 Å². The van der Waals surface area contributed by atoms with Gasteiger partial charge in [0.25, 0.3) is 0 Å². The number of nitrogens with one attached hydrogen (secondary N) is 2. The summed E-state index contributed by atoms with van der Waals surface area (Å²) in [6, 6.07) is 0.320. The SMILES string of the molecule is CCC(=O)CC(C(=O)NC1CCCCC1)C(=O)NC1CCCCC1. The zero-order chi connectivity index (χ0) is 17.4. The van der Waals surface area contributed by atoms with Gasteiger partial charge in [0.15, 0.2) is 0 Å². The Morgan fingerprint density at radius 3 is 1.58 bits per heavy atom. The van der Waals surface area contributed by atoms with Crippen molar-refractivity contribution in [2.45, 2.75) is 96.1 Å². The van der Waals surface area contributed by atoms with Crippen LogP contribution in [0.25, 0.3) is 0 Å². The van der Waals surface area contributed by atoms with Gasteiger partial charge in [0.05, 0.1) is 0 Å². The molecule has 2 amide bonds. The molecule has 2 N–H and O–H groups in total. The number of rotatable bonds is 7. The number of hydrogen-bond acceptors (Lipinski definition) is 3. The molecule has 2 saturated carbocycles. The smallest absolute Gasteiger partial charge is 0.233 e. The first kappa shape index (κ1) is 18.9. The number of carbonyl (C=O) groups is 3. The average Bonchev–Trinajstić information content (AvgIpc) is 2.61. The van der Waals surface area contributed by atoms with E-state index in [4.69, 9.17) is 0 Å². The van der Waals surface area contributed by atoms with Crippen molar-refractivity contribution in [3.8, 4) is 0 Å². The van der Waals surface area contributed by atoms with Crippen LogP contribution in [0, 0.1) is 5.92 Å². The van der Waals surface area contributed by atoms with Crippen LogP contribution in [-0.2, 0) is 14.4 Å². The van der Waals surface area contributed by atoms with E-state index < -0.39 is 5.92 Å². The summed E-state index contributed by atoms with van der Waals surface area (Å²) < 4.78 is 0. The summed E-state index contributed by atoms with van der Waals surface area (Å²) in [7, 11) is 0. The Kier molecular flexibility index (Phi) is 7.73. The molecule has 5 heteroatoms. The van der Waals surface area contributed by atoms with Gasteiger partial charge in [-0.25, -0.2) is 0 Å². The van der Waals surface area contributed by atoms with E-state index in [9.17, 15) is 14.4 Å². The van der Waals surface area contributed by atoms with E-state index in [-0.39, 0.29) is 36.1 Å². The largest absolute Gasteiger partial charge is 0.353 e. The maximum absolute atomic E-state index is 12.6. The maximum atomic E-state index is 12.6. The lowest BCUT2D eigenvalue weighted by Gasteiger charge is -2.27. The van der Waals surface area contributed by atoms with Crippen molar-refractivity contribution in [3.05, 3.63) is 0 Å². The van der Waals surface area contributed by atoms with E-state index in [0.29, 0.717) is 6.42 Å². The quantitative estimate of drug-likeness (QED) is 0.702. The second-order valence-corrected chi connectivity index (χ2v) is 7.34. The molecule has 0 aliphatic heterocycles. The Morgan fingerprint density at radius 1 is 0.792 bits per heavy atom. The van der Waals surface area contributed by atoms with Crippen molar-refractivity contribution in [3.63, 3.8) is 0 Å². The van der Waals surface area contributed by atoms with Crippen LogP contribution in [0.2, 0.25) is 0 Å². The highest BCUT2D eigenvalue weighted by atomic mass is 16.2. The van der Waals surface area contributed by atoms with Crippen LogP contribution >= 0.6 is 0 Å². The molecule has 0 atom stereocenters. The van der Waals surface area contributed by atoms with Gasteiger partial charge >= 0.3 is 0 Å². The number of Topliss-reactive ketones (excluding diaryl/α,β-unsaturated/α-hetero) is 1. The Hall–Kier alpha value is -1.39. The summed E-state index contributed by atoms with van der Waals surface area (Å²) in [6.45, 7) is 1.78. The van der Waals surface area contributed by atoms with Crippen molar-refractivity contribution in [2.24, 2.45) is 5.92 Å². The molecule has 0 spiro atoms. The first-order valence-corrected chi connectivity index (χ1v) is 9.72. The van der Waals surface area contributed by atoms with E-state index in [1.807, 2.05) is 0 Å². The van der Waals surface area contributed by atoms with Gasteiger partial charge in [-0.15, -0.1) is 0 Å². The molecule has 24 heavy (non-hydrogen) atoms. The third-order valence-corrected chi connectivity index (χ3v) is 5.36. The third-order valence-electron chi connectivity index (χ3n) is 5.36. The van der Waals surface area contributed by atoms with E-state index in [1.54, 1.807) is 6.92 Å². The second kappa shape index (κ2) is 9.80. The van der Waals surface area contributed by atoms with Crippen LogP contribution in [0.4, 0.5) is 0 Å². The predicted molar refractivity (Wildman–Crippen MR) is 93.4 cm³/mol. The van der Waals surface area contributed by atoms with Crippen molar-refractivity contribution in [1.82, 2.24) is 10.6 Å². The fourth-order valence-corrected chi connectivity index (χ4v) is 3.77. The molecule has 2 fully saturated rings. The fourth-order valence-electron chi connectivity index (χ4n) is 3.77. The lowest BCUT2D eigenvalue weighted by atomic mass is 9.92. The molecule has 0 aromatic carbocycles. The summed E-state index contributed by atoms with van der Waals surface area (Å²) in [5.41, 5.74) is 0. The molecule has 2 aliphatic carbocycles. The molecular formula is C19H32N2O3. The summed E-state index contributed by atoms with van der Waals surface area (Å²) in [4.78, 5) is 37.1. The molecule has 0 unspecified atom stereocenters. The topological polar surface area (TPSA) is 75.3 Å². The van der Waals surface area contributed by atoms with Crippen molar-refractivity contribution in [1.29, 1.82) is 0 Å². The highest BCUT2D eigenvalue weighted by Gasteiger charge is 2.31. The van der Waals surface area contributed by atoms with E-state index in [2.05, 4.69) is 10.6 Å². The van der Waals surface area contributed by atoms with Gasteiger partial charge in [-0.3, -0.25) is 14.4 Å². The molecule has 136 valence electrons. The van der Waals surface area contributed by atoms with Gasteiger partial charge < -0.3 is 10.6 Å². The van der Waals surface area contributed by atoms with Gasteiger partial charge in [-0.05, 0) is 25.7 Å². The number of hydrogen-bond donors (Lipinski definition) is 2. The van der Waals surface area contributed by atoms with Crippen LogP contribution in [0.1, 0.15) is 84.0 Å². The molecule has 0 aromatic rings. The fraction of sp³-hybridized carbons (Fsp3) is 0.842. The second-order valence-electron chi connectivity index (χ2n) is 7.34. The molecule has 0 saturated heterocycles. The minimum absolute atomic E-state index is 0.0214. The van der Waals surface area contributed by atoms with Gasteiger partial charge in [-0.1, -0.05) is 45.4 Å². The minimum Gasteiger partial charge on any atom is -0.353 e. The summed E-state index contributed by atoms with van der Waals surface area (Å²) >= 11 is 0. The summed E-state index contributed by atoms with van der Waals surface area (Å²) in [6.07, 6.45) is 11.2. The highest BCUT2D eigenvalue weighted by molar-refractivity contribution is 6.03. The van der Waals surface area contributed by atoms with Gasteiger partial charge in [0, 0.05) is 24.9 Å².